The number of likely N-dealkylation sites (tertiary alicyclic amines) is 1. The molecule has 1 amide bonds. The third-order valence-corrected chi connectivity index (χ3v) is 5.72. The fourth-order valence-corrected chi connectivity index (χ4v) is 4.25. The van der Waals surface area contributed by atoms with E-state index >= 15 is 0 Å². The van der Waals surface area contributed by atoms with Crippen LogP contribution < -0.4 is 0 Å². The highest BCUT2D eigenvalue weighted by Crippen LogP contribution is 2.52. The molecular formula is C21H22F2N2O2. The maximum atomic E-state index is 13.5. The van der Waals surface area contributed by atoms with Crippen LogP contribution in [0, 0.1) is 29.4 Å². The van der Waals surface area contributed by atoms with Gasteiger partial charge in [-0.1, -0.05) is 12.1 Å². The molecule has 0 radical (unpaired) electrons. The predicted molar refractivity (Wildman–Crippen MR) is 98.4 cm³/mol. The molecule has 1 saturated heterocycles. The maximum Gasteiger partial charge on any atom is 0.253 e. The van der Waals surface area contributed by atoms with Crippen LogP contribution in [0.25, 0.3) is 11.1 Å². The van der Waals surface area contributed by atoms with Gasteiger partial charge in [0.25, 0.3) is 5.91 Å². The number of fused-ring (bicyclic) bond motifs is 1. The summed E-state index contributed by atoms with van der Waals surface area (Å²) in [5.74, 6) is -0.548. The first-order valence-corrected chi connectivity index (χ1v) is 9.07. The highest BCUT2D eigenvalue weighted by molar-refractivity contribution is 5.95. The summed E-state index contributed by atoms with van der Waals surface area (Å²) >= 11 is 0. The minimum absolute atomic E-state index is 0.00754. The van der Waals surface area contributed by atoms with Gasteiger partial charge in [0.15, 0.2) is 11.6 Å². The monoisotopic (exact) mass is 372 g/mol. The number of piperidine rings is 1. The molecule has 4 nitrogen and oxygen atoms in total. The molecule has 2 aromatic carbocycles. The number of carbonyl (C=O) groups excluding carboxylic acids is 1. The van der Waals surface area contributed by atoms with Crippen LogP contribution in [0.1, 0.15) is 10.4 Å². The summed E-state index contributed by atoms with van der Waals surface area (Å²) in [4.78, 5) is 16.8. The van der Waals surface area contributed by atoms with Crippen molar-refractivity contribution in [1.82, 2.24) is 9.80 Å². The van der Waals surface area contributed by atoms with Crippen molar-refractivity contribution in [3.05, 3.63) is 53.6 Å². The van der Waals surface area contributed by atoms with E-state index in [2.05, 4.69) is 19.0 Å². The zero-order chi connectivity index (χ0) is 19.3. The maximum absolute atomic E-state index is 13.5. The van der Waals surface area contributed by atoms with E-state index in [1.54, 1.807) is 24.3 Å². The van der Waals surface area contributed by atoms with Crippen molar-refractivity contribution in [3.8, 4) is 16.9 Å². The Kier molecular flexibility index (Phi) is 4.38. The molecule has 6 heteroatoms. The molecule has 1 heterocycles. The van der Waals surface area contributed by atoms with Gasteiger partial charge < -0.3 is 14.9 Å². The summed E-state index contributed by atoms with van der Waals surface area (Å²) in [5.41, 5.74) is 1.28. The summed E-state index contributed by atoms with van der Waals surface area (Å²) in [5, 5.41) is 9.86. The van der Waals surface area contributed by atoms with Gasteiger partial charge in [0, 0.05) is 36.8 Å². The van der Waals surface area contributed by atoms with E-state index in [1.807, 2.05) is 4.90 Å². The Labute approximate surface area is 157 Å². The molecule has 1 aliphatic carbocycles. The summed E-state index contributed by atoms with van der Waals surface area (Å²) in [6.07, 6.45) is 0. The van der Waals surface area contributed by atoms with E-state index in [1.165, 1.54) is 0 Å². The molecular weight excluding hydrogens is 350 g/mol. The number of aromatic hydroxyl groups is 1. The third kappa shape index (κ3) is 3.30. The number of amides is 1. The lowest BCUT2D eigenvalue weighted by atomic mass is 10.0. The average molecular weight is 372 g/mol. The van der Waals surface area contributed by atoms with E-state index < -0.39 is 11.6 Å². The van der Waals surface area contributed by atoms with Gasteiger partial charge in [0.1, 0.15) is 5.75 Å². The summed E-state index contributed by atoms with van der Waals surface area (Å²) in [6.45, 7) is 2.67. The van der Waals surface area contributed by atoms with Crippen LogP contribution in [0.4, 0.5) is 8.78 Å². The molecule has 2 aliphatic rings. The number of phenols is 1. The Hall–Kier alpha value is -2.47. The van der Waals surface area contributed by atoms with Gasteiger partial charge >= 0.3 is 0 Å². The van der Waals surface area contributed by atoms with Crippen LogP contribution >= 0.6 is 0 Å². The van der Waals surface area contributed by atoms with Gasteiger partial charge in [-0.05, 0) is 55.6 Å². The van der Waals surface area contributed by atoms with Crippen LogP contribution in [-0.2, 0) is 0 Å². The predicted octanol–water partition coefficient (Wildman–Crippen LogP) is 3.22. The molecule has 1 aliphatic heterocycles. The molecule has 0 aromatic heterocycles. The van der Waals surface area contributed by atoms with Crippen molar-refractivity contribution in [2.45, 2.75) is 0 Å². The molecule has 0 bridgehead atoms. The number of phenolic OH excluding ortho intramolecular Hbond substituents is 1. The van der Waals surface area contributed by atoms with E-state index in [-0.39, 0.29) is 17.2 Å². The summed E-state index contributed by atoms with van der Waals surface area (Å²) < 4.78 is 26.6. The molecule has 2 aromatic rings. The number of carbonyl (C=O) groups is 1. The van der Waals surface area contributed by atoms with Crippen molar-refractivity contribution < 1.29 is 18.7 Å². The van der Waals surface area contributed by atoms with Crippen LogP contribution in [0.2, 0.25) is 0 Å². The number of hydrogen-bond acceptors (Lipinski definition) is 3. The SMILES string of the molecule is CN(C)CC1[C@H]2CN(C(=O)c3ccc(-c4cc(F)c(F)cc4O)cc3)C[C@@H]12. The Morgan fingerprint density at radius 2 is 1.70 bits per heavy atom. The Balaban J connectivity index is 1.45. The van der Waals surface area contributed by atoms with Crippen LogP contribution in [-0.4, -0.2) is 54.5 Å². The normalized spacial score (nSPS) is 23.6. The van der Waals surface area contributed by atoms with Gasteiger partial charge in [-0.3, -0.25) is 4.79 Å². The highest BCUT2D eigenvalue weighted by Gasteiger charge is 2.56. The first-order valence-electron chi connectivity index (χ1n) is 9.07. The fourth-order valence-electron chi connectivity index (χ4n) is 4.25. The zero-order valence-electron chi connectivity index (χ0n) is 15.3. The molecule has 1 N–H and O–H groups in total. The molecule has 142 valence electrons. The van der Waals surface area contributed by atoms with E-state index in [0.29, 0.717) is 28.9 Å². The minimum atomic E-state index is -1.09. The van der Waals surface area contributed by atoms with Crippen molar-refractivity contribution in [2.24, 2.45) is 17.8 Å². The van der Waals surface area contributed by atoms with Crippen LogP contribution in [0.5, 0.6) is 5.75 Å². The number of hydrogen-bond donors (Lipinski definition) is 1. The van der Waals surface area contributed by atoms with Crippen molar-refractivity contribution >= 4 is 5.91 Å². The van der Waals surface area contributed by atoms with Gasteiger partial charge in [0.2, 0.25) is 0 Å². The first-order chi connectivity index (χ1) is 12.8. The van der Waals surface area contributed by atoms with Crippen LogP contribution in [0.15, 0.2) is 36.4 Å². The largest absolute Gasteiger partial charge is 0.507 e. The highest BCUT2D eigenvalue weighted by atomic mass is 19.2. The molecule has 1 saturated carbocycles. The van der Waals surface area contributed by atoms with Crippen molar-refractivity contribution in [1.29, 1.82) is 0 Å². The Bertz CT molecular complexity index is 870. The lowest BCUT2D eigenvalue weighted by Crippen LogP contribution is -2.33. The smallest absolute Gasteiger partial charge is 0.253 e. The first kappa shape index (κ1) is 17.9. The van der Waals surface area contributed by atoms with E-state index in [9.17, 15) is 18.7 Å². The third-order valence-electron chi connectivity index (χ3n) is 5.72. The second-order valence-electron chi connectivity index (χ2n) is 7.82. The Morgan fingerprint density at radius 3 is 2.30 bits per heavy atom. The topological polar surface area (TPSA) is 43.8 Å². The Morgan fingerprint density at radius 1 is 1.11 bits per heavy atom. The summed E-state index contributed by atoms with van der Waals surface area (Å²) in [6, 6.07) is 8.33. The number of rotatable bonds is 4. The lowest BCUT2D eigenvalue weighted by Gasteiger charge is -2.21. The van der Waals surface area contributed by atoms with Gasteiger partial charge in [-0.15, -0.1) is 0 Å². The standard InChI is InChI=1S/C21H22F2N2O2/c1-24(2)9-15-16-10-25(11-17(15)16)21(27)13-5-3-12(4-6-13)14-7-18(22)19(23)8-20(14)26/h3-8,15-17,26H,9-11H2,1-2H3/t15?,16-,17+. The van der Waals surface area contributed by atoms with E-state index in [0.717, 1.165) is 31.8 Å². The van der Waals surface area contributed by atoms with Gasteiger partial charge in [-0.25, -0.2) is 8.78 Å². The fraction of sp³-hybridized carbons (Fsp3) is 0.381. The quantitative estimate of drug-likeness (QED) is 0.896. The molecule has 4 rings (SSSR count). The average Bonchev–Trinajstić information content (AvgIpc) is 3.06. The molecule has 2 fully saturated rings. The second kappa shape index (κ2) is 6.60. The van der Waals surface area contributed by atoms with Crippen LogP contribution in [0.3, 0.4) is 0 Å². The minimum Gasteiger partial charge on any atom is -0.507 e. The van der Waals surface area contributed by atoms with Gasteiger partial charge in [0.05, 0.1) is 0 Å². The zero-order valence-corrected chi connectivity index (χ0v) is 15.3. The van der Waals surface area contributed by atoms with Gasteiger partial charge in [-0.2, -0.15) is 0 Å². The van der Waals surface area contributed by atoms with E-state index in [4.69, 9.17) is 0 Å². The molecule has 3 atom stereocenters. The number of halogens is 2. The van der Waals surface area contributed by atoms with Crippen molar-refractivity contribution in [3.63, 3.8) is 0 Å². The molecule has 27 heavy (non-hydrogen) atoms. The second-order valence-corrected chi connectivity index (χ2v) is 7.82. The molecule has 1 unspecified atom stereocenters. The molecule has 0 spiro atoms. The number of nitrogens with zero attached hydrogens (tertiary/aromatic N) is 2. The number of benzene rings is 2. The van der Waals surface area contributed by atoms with Crippen molar-refractivity contribution in [2.75, 3.05) is 33.7 Å². The summed E-state index contributed by atoms with van der Waals surface area (Å²) in [7, 11) is 4.15. The lowest BCUT2D eigenvalue weighted by molar-refractivity contribution is 0.0765.